The van der Waals surface area contributed by atoms with Gasteiger partial charge in [-0.3, -0.25) is 14.3 Å². The van der Waals surface area contributed by atoms with E-state index in [0.717, 1.165) is 49.8 Å². The Kier molecular flexibility index (Phi) is 8.64. The molecule has 0 aliphatic carbocycles. The Morgan fingerprint density at radius 3 is 2.71 bits per heavy atom. The highest BCUT2D eigenvalue weighted by atomic mass is 16.4. The molecule has 0 radical (unpaired) electrons. The highest BCUT2D eigenvalue weighted by Crippen LogP contribution is 2.27. The van der Waals surface area contributed by atoms with E-state index in [9.17, 15) is 14.7 Å². The van der Waals surface area contributed by atoms with Crippen molar-refractivity contribution < 1.29 is 19.8 Å². The average Bonchev–Trinajstić information content (AvgIpc) is 3.36. The molecule has 0 saturated carbocycles. The Labute approximate surface area is 183 Å². The monoisotopic (exact) mass is 427 g/mol. The molecule has 31 heavy (non-hydrogen) atoms. The van der Waals surface area contributed by atoms with E-state index in [2.05, 4.69) is 17.2 Å². The van der Waals surface area contributed by atoms with Gasteiger partial charge < -0.3 is 15.1 Å². The molecule has 1 aromatic carbocycles. The Morgan fingerprint density at radius 2 is 1.94 bits per heavy atom. The van der Waals surface area contributed by atoms with Crippen molar-refractivity contribution in [2.45, 2.75) is 76.5 Å². The molecule has 1 saturated heterocycles. The Hall–Kier alpha value is -2.67. The van der Waals surface area contributed by atoms with Crippen LogP contribution in [-0.4, -0.2) is 49.4 Å². The minimum Gasteiger partial charge on any atom is -0.481 e. The molecule has 1 fully saturated rings. The predicted molar refractivity (Wildman–Crippen MR) is 117 cm³/mol. The van der Waals surface area contributed by atoms with Crippen LogP contribution in [0.1, 0.15) is 75.0 Å². The van der Waals surface area contributed by atoms with Crippen LogP contribution in [0.4, 0.5) is 0 Å². The number of hydrogen-bond donors (Lipinski definition) is 2. The predicted octanol–water partition coefficient (Wildman–Crippen LogP) is 3.77. The van der Waals surface area contributed by atoms with Gasteiger partial charge in [0.25, 0.3) is 0 Å². The lowest BCUT2D eigenvalue weighted by atomic mass is 10.0. The minimum absolute atomic E-state index is 0.181. The third-order valence-corrected chi connectivity index (χ3v) is 5.99. The average molecular weight is 428 g/mol. The van der Waals surface area contributed by atoms with E-state index in [1.54, 1.807) is 6.20 Å². The Balaban J connectivity index is 1.41. The number of benzene rings is 1. The van der Waals surface area contributed by atoms with Gasteiger partial charge in [-0.05, 0) is 37.7 Å². The van der Waals surface area contributed by atoms with E-state index < -0.39 is 12.1 Å². The second-order valence-electron chi connectivity index (χ2n) is 8.39. The molecular formula is C24H33N3O4. The van der Waals surface area contributed by atoms with Gasteiger partial charge in [-0.2, -0.15) is 5.10 Å². The molecule has 7 nitrogen and oxygen atoms in total. The molecule has 0 bridgehead atoms. The number of nitrogens with zero attached hydrogens (tertiary/aromatic N) is 3. The summed E-state index contributed by atoms with van der Waals surface area (Å²) in [6.45, 7) is 1.40. The topological polar surface area (TPSA) is 95.7 Å². The summed E-state index contributed by atoms with van der Waals surface area (Å²) in [6.07, 6.45) is 9.45. The zero-order valence-corrected chi connectivity index (χ0v) is 18.0. The molecule has 3 rings (SSSR count). The summed E-state index contributed by atoms with van der Waals surface area (Å²) in [5, 5.41) is 23.7. The summed E-state index contributed by atoms with van der Waals surface area (Å²) in [7, 11) is 0. The van der Waals surface area contributed by atoms with Gasteiger partial charge in [-0.1, -0.05) is 43.2 Å². The Bertz CT molecular complexity index is 836. The lowest BCUT2D eigenvalue weighted by molar-refractivity contribution is -0.137. The number of carbonyl (C=O) groups excluding carboxylic acids is 1. The number of aliphatic hydroxyl groups is 1. The van der Waals surface area contributed by atoms with Crippen molar-refractivity contribution in [3.63, 3.8) is 0 Å². The first-order valence-corrected chi connectivity index (χ1v) is 11.3. The van der Waals surface area contributed by atoms with E-state index in [4.69, 9.17) is 5.11 Å². The van der Waals surface area contributed by atoms with Crippen LogP contribution in [0.15, 0.2) is 42.7 Å². The quantitative estimate of drug-likeness (QED) is 0.475. The van der Waals surface area contributed by atoms with E-state index >= 15 is 0 Å². The fourth-order valence-electron chi connectivity index (χ4n) is 4.24. The summed E-state index contributed by atoms with van der Waals surface area (Å²) < 4.78 is 1.84. The zero-order chi connectivity index (χ0) is 22.1. The largest absolute Gasteiger partial charge is 0.481 e. The van der Waals surface area contributed by atoms with Crippen LogP contribution in [0.5, 0.6) is 0 Å². The van der Waals surface area contributed by atoms with E-state index in [1.165, 1.54) is 0 Å². The minimum atomic E-state index is -0.751. The highest BCUT2D eigenvalue weighted by molar-refractivity contribution is 5.78. The van der Waals surface area contributed by atoms with Gasteiger partial charge in [0.15, 0.2) is 0 Å². The number of carboxylic acids is 1. The Morgan fingerprint density at radius 1 is 1.16 bits per heavy atom. The van der Waals surface area contributed by atoms with Gasteiger partial charge in [-0.25, -0.2) is 0 Å². The summed E-state index contributed by atoms with van der Waals surface area (Å²) in [4.78, 5) is 24.8. The van der Waals surface area contributed by atoms with Gasteiger partial charge >= 0.3 is 5.97 Å². The molecule has 0 spiro atoms. The van der Waals surface area contributed by atoms with Crippen LogP contribution in [-0.2, 0) is 16.1 Å². The standard InChI is InChI=1S/C24H33N3O4/c28-22(20-16-25-26(18-20)17-19-8-4-3-5-9-19)13-11-21-12-14-23(29)27(21)15-7-2-1-6-10-24(30)31/h3-5,8-9,16,18,21-22,28H,1-2,6-7,10-15,17H2,(H,30,31). The lowest BCUT2D eigenvalue weighted by Gasteiger charge is -2.25. The fourth-order valence-corrected chi connectivity index (χ4v) is 4.24. The molecule has 7 heteroatoms. The number of rotatable bonds is 13. The maximum absolute atomic E-state index is 12.3. The highest BCUT2D eigenvalue weighted by Gasteiger charge is 2.30. The number of amides is 1. The molecule has 168 valence electrons. The molecule has 2 N–H and O–H groups in total. The van der Waals surface area contributed by atoms with Crippen molar-refractivity contribution in [2.75, 3.05) is 6.54 Å². The summed E-state index contributed by atoms with van der Waals surface area (Å²) in [5.74, 6) is -0.556. The third kappa shape index (κ3) is 7.21. The number of unbranched alkanes of at least 4 members (excludes halogenated alkanes) is 3. The van der Waals surface area contributed by atoms with Crippen LogP contribution in [0, 0.1) is 0 Å². The van der Waals surface area contributed by atoms with Crippen molar-refractivity contribution in [1.82, 2.24) is 14.7 Å². The fraction of sp³-hybridized carbons (Fsp3) is 0.542. The number of aliphatic carboxylic acids is 1. The van der Waals surface area contributed by atoms with E-state index in [0.29, 0.717) is 25.8 Å². The maximum Gasteiger partial charge on any atom is 0.303 e. The third-order valence-electron chi connectivity index (χ3n) is 5.99. The van der Waals surface area contributed by atoms with Crippen molar-refractivity contribution in [3.8, 4) is 0 Å². The van der Waals surface area contributed by atoms with E-state index in [1.807, 2.05) is 34.0 Å². The van der Waals surface area contributed by atoms with E-state index in [-0.39, 0.29) is 18.4 Å². The van der Waals surface area contributed by atoms with Crippen LogP contribution < -0.4 is 0 Å². The molecule has 2 unspecified atom stereocenters. The number of hydrogen-bond acceptors (Lipinski definition) is 4. The lowest BCUT2D eigenvalue weighted by Crippen LogP contribution is -2.34. The number of aromatic nitrogens is 2. The van der Waals surface area contributed by atoms with Gasteiger partial charge in [0.1, 0.15) is 0 Å². The number of aliphatic hydroxyl groups excluding tert-OH is 1. The summed E-state index contributed by atoms with van der Waals surface area (Å²) in [6, 6.07) is 10.3. The van der Waals surface area contributed by atoms with Gasteiger partial charge in [-0.15, -0.1) is 0 Å². The maximum atomic E-state index is 12.3. The van der Waals surface area contributed by atoms with Crippen molar-refractivity contribution >= 4 is 11.9 Å². The first kappa shape index (κ1) is 23.0. The molecule has 1 aliphatic heterocycles. The summed E-state index contributed by atoms with van der Waals surface area (Å²) in [5.41, 5.74) is 1.97. The molecule has 2 atom stereocenters. The smallest absolute Gasteiger partial charge is 0.303 e. The number of carboxylic acid groups (broad SMARTS) is 1. The van der Waals surface area contributed by atoms with Crippen molar-refractivity contribution in [3.05, 3.63) is 53.9 Å². The molecular weight excluding hydrogens is 394 g/mol. The van der Waals surface area contributed by atoms with Crippen LogP contribution in [0.3, 0.4) is 0 Å². The SMILES string of the molecule is O=C(O)CCCCCCN1C(=O)CCC1CCC(O)c1cnn(Cc2ccccc2)c1. The molecule has 2 heterocycles. The molecule has 2 aromatic rings. The second kappa shape index (κ2) is 11.6. The van der Waals surface area contributed by atoms with Crippen LogP contribution in [0.2, 0.25) is 0 Å². The molecule has 1 amide bonds. The van der Waals surface area contributed by atoms with Crippen LogP contribution in [0.25, 0.3) is 0 Å². The van der Waals surface area contributed by atoms with Crippen LogP contribution >= 0.6 is 0 Å². The van der Waals surface area contributed by atoms with Gasteiger partial charge in [0.05, 0.1) is 18.8 Å². The molecule has 1 aromatic heterocycles. The van der Waals surface area contributed by atoms with Crippen molar-refractivity contribution in [2.24, 2.45) is 0 Å². The van der Waals surface area contributed by atoms with Crippen molar-refractivity contribution in [1.29, 1.82) is 0 Å². The molecule has 1 aliphatic rings. The normalized spacial score (nSPS) is 17.3. The van der Waals surface area contributed by atoms with Gasteiger partial charge in [0, 0.05) is 37.2 Å². The first-order chi connectivity index (χ1) is 15.0. The first-order valence-electron chi connectivity index (χ1n) is 11.3. The zero-order valence-electron chi connectivity index (χ0n) is 18.0. The number of likely N-dealkylation sites (tertiary alicyclic amines) is 1. The second-order valence-corrected chi connectivity index (χ2v) is 8.39. The summed E-state index contributed by atoms with van der Waals surface area (Å²) >= 11 is 0. The number of carbonyl (C=O) groups is 2. The van der Waals surface area contributed by atoms with Gasteiger partial charge in [0.2, 0.25) is 5.91 Å².